The van der Waals surface area contributed by atoms with E-state index < -0.39 is 10.1 Å². The Morgan fingerprint density at radius 3 is 2.91 bits per heavy atom. The van der Waals surface area contributed by atoms with Crippen LogP contribution < -0.4 is 0 Å². The molecule has 0 aliphatic rings. The fraction of sp³-hybridized carbons (Fsp3) is 0.400. The molecule has 0 bridgehead atoms. The van der Waals surface area contributed by atoms with Crippen LogP contribution in [-0.2, 0) is 20.9 Å². The summed E-state index contributed by atoms with van der Waals surface area (Å²) in [7, 11) is -3.39. The van der Waals surface area contributed by atoms with Crippen molar-refractivity contribution in [2.45, 2.75) is 6.61 Å². The van der Waals surface area contributed by atoms with Crippen molar-refractivity contribution in [2.75, 3.05) is 6.26 Å². The van der Waals surface area contributed by atoms with Crippen LogP contribution in [-0.4, -0.2) is 19.7 Å². The molecule has 0 saturated heterocycles. The Morgan fingerprint density at radius 2 is 2.45 bits per heavy atom. The molecule has 1 heterocycles. The summed E-state index contributed by atoms with van der Waals surface area (Å²) in [6, 6.07) is 0. The maximum absolute atomic E-state index is 10.4. The van der Waals surface area contributed by atoms with Crippen LogP contribution in [0, 0.1) is 0 Å². The third-order valence-corrected chi connectivity index (χ3v) is 1.44. The van der Waals surface area contributed by atoms with Gasteiger partial charge in [-0.25, -0.2) is 4.98 Å². The Bertz CT molecular complexity index is 301. The lowest BCUT2D eigenvalue weighted by molar-refractivity contribution is 0.277. The van der Waals surface area contributed by atoms with Crippen LogP contribution in [0.25, 0.3) is 0 Å². The molecule has 0 N–H and O–H groups in total. The van der Waals surface area contributed by atoms with Crippen molar-refractivity contribution in [3.63, 3.8) is 0 Å². The molecule has 0 unspecified atom stereocenters. The number of hydrogen-bond acceptors (Lipinski definition) is 5. The molecule has 0 amide bonds. The molecule has 0 aliphatic heterocycles. The quantitative estimate of drug-likeness (QED) is 0.615. The normalized spacial score (nSPS) is 11.7. The van der Waals surface area contributed by atoms with Crippen LogP contribution in [0.4, 0.5) is 0 Å². The highest BCUT2D eigenvalue weighted by atomic mass is 32.2. The second kappa shape index (κ2) is 3.02. The molecular formula is C5H7NO4S. The lowest BCUT2D eigenvalue weighted by Gasteiger charge is -1.95. The van der Waals surface area contributed by atoms with Crippen molar-refractivity contribution in [2.24, 2.45) is 0 Å². The maximum Gasteiger partial charge on any atom is 0.264 e. The molecule has 0 atom stereocenters. The molecule has 5 nitrogen and oxygen atoms in total. The molecule has 0 aliphatic carbocycles. The molecule has 11 heavy (non-hydrogen) atoms. The highest BCUT2D eigenvalue weighted by Gasteiger charge is 2.03. The average molecular weight is 177 g/mol. The third-order valence-electron chi connectivity index (χ3n) is 0.899. The first-order chi connectivity index (χ1) is 5.08. The smallest absolute Gasteiger partial charge is 0.264 e. The van der Waals surface area contributed by atoms with Crippen LogP contribution in [0.5, 0.6) is 0 Å². The highest BCUT2D eigenvalue weighted by Crippen LogP contribution is 2.00. The van der Waals surface area contributed by atoms with E-state index in [2.05, 4.69) is 9.17 Å². The van der Waals surface area contributed by atoms with Crippen LogP contribution in [0.15, 0.2) is 17.0 Å². The maximum atomic E-state index is 10.4. The first-order valence-corrected chi connectivity index (χ1v) is 4.61. The molecule has 0 aromatic carbocycles. The summed E-state index contributed by atoms with van der Waals surface area (Å²) in [5.74, 6) is 0.385. The third kappa shape index (κ3) is 3.15. The number of hydrogen-bond donors (Lipinski definition) is 0. The number of nitrogens with zero attached hydrogens (tertiary/aromatic N) is 1. The van der Waals surface area contributed by atoms with E-state index in [1.54, 1.807) is 0 Å². The highest BCUT2D eigenvalue weighted by molar-refractivity contribution is 7.85. The summed E-state index contributed by atoms with van der Waals surface area (Å²) in [4.78, 5) is 3.58. The van der Waals surface area contributed by atoms with Crippen LogP contribution >= 0.6 is 0 Å². The predicted molar refractivity (Wildman–Crippen MR) is 36.1 cm³/mol. The zero-order valence-corrected chi connectivity index (χ0v) is 6.67. The minimum Gasteiger partial charge on any atom is -0.446 e. The van der Waals surface area contributed by atoms with Gasteiger partial charge in [-0.2, -0.15) is 8.42 Å². The van der Waals surface area contributed by atoms with E-state index in [9.17, 15) is 8.42 Å². The minimum absolute atomic E-state index is 0.0984. The van der Waals surface area contributed by atoms with Crippen molar-refractivity contribution in [1.29, 1.82) is 0 Å². The fourth-order valence-corrected chi connectivity index (χ4v) is 0.809. The number of oxazole rings is 1. The van der Waals surface area contributed by atoms with Gasteiger partial charge in [0.1, 0.15) is 6.61 Å². The summed E-state index contributed by atoms with van der Waals surface area (Å²) in [6.07, 6.45) is 3.58. The lowest BCUT2D eigenvalue weighted by atomic mass is 10.6. The van der Waals surface area contributed by atoms with E-state index in [0.29, 0.717) is 5.76 Å². The van der Waals surface area contributed by atoms with Crippen molar-refractivity contribution in [3.8, 4) is 0 Å². The van der Waals surface area contributed by atoms with Gasteiger partial charge >= 0.3 is 0 Å². The SMILES string of the molecule is CS(=O)(=O)OCc1cnco1. The summed E-state index contributed by atoms with van der Waals surface area (Å²) in [6.45, 7) is -0.0984. The molecule has 6 heteroatoms. The zero-order chi connectivity index (χ0) is 8.32. The summed E-state index contributed by atoms with van der Waals surface area (Å²) in [5, 5.41) is 0. The second-order valence-corrected chi connectivity index (χ2v) is 3.58. The molecule has 0 spiro atoms. The van der Waals surface area contributed by atoms with E-state index in [4.69, 9.17) is 4.42 Å². The first kappa shape index (κ1) is 8.22. The molecule has 1 rings (SSSR count). The Morgan fingerprint density at radius 1 is 1.73 bits per heavy atom. The standard InChI is InChI=1S/C5H7NO4S/c1-11(7,8)10-3-5-2-6-4-9-5/h2,4H,3H2,1H3. The van der Waals surface area contributed by atoms with Gasteiger partial charge in [0.05, 0.1) is 12.5 Å². The Labute approximate surface area is 64.1 Å². The monoisotopic (exact) mass is 177 g/mol. The van der Waals surface area contributed by atoms with Crippen molar-refractivity contribution in [3.05, 3.63) is 18.4 Å². The molecule has 1 aromatic heterocycles. The number of aromatic nitrogens is 1. The van der Waals surface area contributed by atoms with Gasteiger partial charge in [0.25, 0.3) is 10.1 Å². The van der Waals surface area contributed by atoms with Crippen LogP contribution in [0.3, 0.4) is 0 Å². The average Bonchev–Trinajstić information content (AvgIpc) is 2.32. The van der Waals surface area contributed by atoms with Gasteiger partial charge in [0, 0.05) is 0 Å². The molecule has 0 radical (unpaired) electrons. The molecule has 0 fully saturated rings. The van der Waals surface area contributed by atoms with Gasteiger partial charge < -0.3 is 4.42 Å². The largest absolute Gasteiger partial charge is 0.446 e. The van der Waals surface area contributed by atoms with E-state index in [-0.39, 0.29) is 6.61 Å². The van der Waals surface area contributed by atoms with Gasteiger partial charge in [-0.1, -0.05) is 0 Å². The Hall–Kier alpha value is -0.880. The van der Waals surface area contributed by atoms with E-state index in [1.165, 1.54) is 12.6 Å². The van der Waals surface area contributed by atoms with Crippen LogP contribution in [0.1, 0.15) is 5.76 Å². The molecule has 0 saturated carbocycles. The number of rotatable bonds is 3. The molecule has 62 valence electrons. The molecule has 1 aromatic rings. The summed E-state index contributed by atoms with van der Waals surface area (Å²) >= 11 is 0. The molecular weight excluding hydrogens is 170 g/mol. The zero-order valence-electron chi connectivity index (χ0n) is 5.85. The predicted octanol–water partition coefficient (Wildman–Crippen LogP) is 0.151. The Balaban J connectivity index is 2.48. The summed E-state index contributed by atoms with van der Waals surface area (Å²) < 4.78 is 30.0. The van der Waals surface area contributed by atoms with Crippen LogP contribution in [0.2, 0.25) is 0 Å². The van der Waals surface area contributed by atoms with Gasteiger partial charge in [0.15, 0.2) is 12.2 Å². The van der Waals surface area contributed by atoms with E-state index >= 15 is 0 Å². The van der Waals surface area contributed by atoms with E-state index in [0.717, 1.165) is 6.26 Å². The van der Waals surface area contributed by atoms with Crippen molar-refractivity contribution < 1.29 is 17.0 Å². The van der Waals surface area contributed by atoms with Crippen molar-refractivity contribution >= 4 is 10.1 Å². The van der Waals surface area contributed by atoms with E-state index in [1.807, 2.05) is 0 Å². The second-order valence-electron chi connectivity index (χ2n) is 1.93. The summed E-state index contributed by atoms with van der Waals surface area (Å²) in [5.41, 5.74) is 0. The van der Waals surface area contributed by atoms with Gasteiger partial charge in [-0.05, 0) is 0 Å². The fourth-order valence-electron chi connectivity index (χ4n) is 0.479. The van der Waals surface area contributed by atoms with Gasteiger partial charge in [-0.3, -0.25) is 4.18 Å². The lowest BCUT2D eigenvalue weighted by Crippen LogP contribution is -2.01. The minimum atomic E-state index is -3.39. The van der Waals surface area contributed by atoms with Gasteiger partial charge in [-0.15, -0.1) is 0 Å². The topological polar surface area (TPSA) is 69.4 Å². The Kier molecular flexibility index (Phi) is 2.25. The first-order valence-electron chi connectivity index (χ1n) is 2.80. The van der Waals surface area contributed by atoms with Gasteiger partial charge in [0.2, 0.25) is 0 Å². The van der Waals surface area contributed by atoms with Crippen molar-refractivity contribution in [1.82, 2.24) is 4.98 Å².